The monoisotopic (exact) mass is 532 g/mol. The van der Waals surface area contributed by atoms with Crippen LogP contribution in [-0.2, 0) is 4.79 Å². The zero-order valence-electron chi connectivity index (χ0n) is 20.8. The molecule has 0 bridgehead atoms. The average Bonchev–Trinajstić information content (AvgIpc) is 2.90. The number of carbonyl (C=O) groups excluding carboxylic acids is 2. The van der Waals surface area contributed by atoms with E-state index in [1.807, 2.05) is 0 Å². The van der Waals surface area contributed by atoms with E-state index in [-0.39, 0.29) is 45.8 Å². The molecular weight excluding hydrogens is 510 g/mol. The number of nitrogen functional groups attached to an aromatic ring is 1. The van der Waals surface area contributed by atoms with Crippen molar-refractivity contribution < 1.29 is 27.8 Å². The van der Waals surface area contributed by atoms with Gasteiger partial charge in [-0.2, -0.15) is 0 Å². The molecule has 4 N–H and O–H groups in total. The molecule has 0 spiro atoms. The van der Waals surface area contributed by atoms with Crippen LogP contribution in [-0.4, -0.2) is 33.9 Å². The molecule has 10 nitrogen and oxygen atoms in total. The van der Waals surface area contributed by atoms with Gasteiger partial charge in [0.15, 0.2) is 17.4 Å². The maximum absolute atomic E-state index is 15.0. The molecule has 0 radical (unpaired) electrons. The quantitative estimate of drug-likeness (QED) is 0.268. The highest BCUT2D eigenvalue weighted by Crippen LogP contribution is 2.35. The molecular formula is C27H22F2N6O4. The number of nitrogens with two attached hydrogens (primary N) is 1. The summed E-state index contributed by atoms with van der Waals surface area (Å²) < 4.78 is 38.7. The molecule has 4 rings (SSSR count). The van der Waals surface area contributed by atoms with Gasteiger partial charge in [-0.1, -0.05) is 12.6 Å². The summed E-state index contributed by atoms with van der Waals surface area (Å²) >= 11 is 0. The van der Waals surface area contributed by atoms with Gasteiger partial charge in [0.1, 0.15) is 11.6 Å². The fourth-order valence-electron chi connectivity index (χ4n) is 3.52. The van der Waals surface area contributed by atoms with Crippen LogP contribution in [0.1, 0.15) is 16.1 Å². The fraction of sp³-hybridized carbons (Fsp3) is 0.0741. The topological polar surface area (TPSA) is 141 Å². The van der Waals surface area contributed by atoms with Gasteiger partial charge in [-0.15, -0.1) is 0 Å². The van der Waals surface area contributed by atoms with Crippen molar-refractivity contribution in [2.75, 3.05) is 23.5 Å². The second kappa shape index (κ2) is 11.3. The van der Waals surface area contributed by atoms with Gasteiger partial charge in [-0.05, 0) is 55.0 Å². The first-order valence-corrected chi connectivity index (χ1v) is 11.3. The SMILES string of the molecule is C=C(F)C(=O)Nc1ccc(C(=O)Nc2ccnc(N)c2-c2ccc(Oc3nccc(C)n3)c(F)c2)cc1OC. The van der Waals surface area contributed by atoms with E-state index < -0.39 is 23.5 Å². The summed E-state index contributed by atoms with van der Waals surface area (Å²) in [4.78, 5) is 36.8. The number of methoxy groups -OCH3 is 1. The zero-order valence-corrected chi connectivity index (χ0v) is 20.8. The number of nitrogens with one attached hydrogen (secondary N) is 2. The molecule has 0 saturated carbocycles. The Morgan fingerprint density at radius 2 is 1.74 bits per heavy atom. The Balaban J connectivity index is 1.60. The smallest absolute Gasteiger partial charge is 0.322 e. The number of rotatable bonds is 8. The van der Waals surface area contributed by atoms with E-state index in [4.69, 9.17) is 15.2 Å². The van der Waals surface area contributed by atoms with Gasteiger partial charge < -0.3 is 25.8 Å². The highest BCUT2D eigenvalue weighted by molar-refractivity contribution is 6.08. The van der Waals surface area contributed by atoms with Crippen LogP contribution in [0.2, 0.25) is 0 Å². The molecule has 0 aliphatic carbocycles. The van der Waals surface area contributed by atoms with Gasteiger partial charge in [-0.25, -0.2) is 23.7 Å². The Hall–Kier alpha value is -5.39. The van der Waals surface area contributed by atoms with Crippen LogP contribution in [0.25, 0.3) is 11.1 Å². The van der Waals surface area contributed by atoms with Crippen LogP contribution < -0.4 is 25.8 Å². The predicted octanol–water partition coefficient (Wildman–Crippen LogP) is 5.04. The first kappa shape index (κ1) is 26.7. The number of nitrogens with zero attached hydrogens (tertiary/aromatic N) is 3. The van der Waals surface area contributed by atoms with Gasteiger partial charge in [0.25, 0.3) is 11.8 Å². The Morgan fingerprint density at radius 1 is 0.974 bits per heavy atom. The van der Waals surface area contributed by atoms with E-state index in [2.05, 4.69) is 32.2 Å². The fourth-order valence-corrected chi connectivity index (χ4v) is 3.52. The maximum Gasteiger partial charge on any atom is 0.322 e. The first-order chi connectivity index (χ1) is 18.7. The molecule has 0 fully saturated rings. The lowest BCUT2D eigenvalue weighted by Crippen LogP contribution is -2.15. The van der Waals surface area contributed by atoms with E-state index in [0.717, 1.165) is 0 Å². The number of pyridine rings is 1. The van der Waals surface area contributed by atoms with Crippen molar-refractivity contribution in [2.24, 2.45) is 0 Å². The number of aromatic nitrogens is 3. The van der Waals surface area contributed by atoms with Crippen LogP contribution in [0.4, 0.5) is 26.0 Å². The molecule has 0 aliphatic heterocycles. The molecule has 0 atom stereocenters. The third kappa shape index (κ3) is 6.13. The largest absolute Gasteiger partial charge is 0.495 e. The van der Waals surface area contributed by atoms with Crippen LogP contribution in [0, 0.1) is 12.7 Å². The third-order valence-electron chi connectivity index (χ3n) is 5.38. The highest BCUT2D eigenvalue weighted by atomic mass is 19.1. The molecule has 0 aliphatic rings. The molecule has 2 heterocycles. The summed E-state index contributed by atoms with van der Waals surface area (Å²) in [5, 5.41) is 5.02. The summed E-state index contributed by atoms with van der Waals surface area (Å²) in [6.07, 6.45) is 2.88. The van der Waals surface area contributed by atoms with E-state index in [9.17, 15) is 18.4 Å². The van der Waals surface area contributed by atoms with Crippen LogP contribution >= 0.6 is 0 Å². The van der Waals surface area contributed by atoms with E-state index in [0.29, 0.717) is 11.3 Å². The summed E-state index contributed by atoms with van der Waals surface area (Å²) in [5.41, 5.74) is 7.91. The Kier molecular flexibility index (Phi) is 7.75. The van der Waals surface area contributed by atoms with Gasteiger partial charge in [0.2, 0.25) is 0 Å². The number of hydrogen-bond donors (Lipinski definition) is 3. The minimum Gasteiger partial charge on any atom is -0.495 e. The van der Waals surface area contributed by atoms with E-state index in [1.54, 1.807) is 19.1 Å². The average molecular weight is 533 g/mol. The molecule has 2 amide bonds. The number of benzene rings is 2. The lowest BCUT2D eigenvalue weighted by Gasteiger charge is -2.15. The van der Waals surface area contributed by atoms with Crippen molar-refractivity contribution in [3.8, 4) is 28.6 Å². The summed E-state index contributed by atoms with van der Waals surface area (Å²) in [5.74, 6) is -3.44. The Labute approximate surface area is 221 Å². The predicted molar refractivity (Wildman–Crippen MR) is 141 cm³/mol. The molecule has 198 valence electrons. The zero-order chi connectivity index (χ0) is 28.1. The van der Waals surface area contributed by atoms with Crippen molar-refractivity contribution in [1.82, 2.24) is 15.0 Å². The molecule has 2 aromatic heterocycles. The van der Waals surface area contributed by atoms with Crippen molar-refractivity contribution in [3.63, 3.8) is 0 Å². The van der Waals surface area contributed by atoms with Gasteiger partial charge in [-0.3, -0.25) is 9.59 Å². The second-order valence-corrected chi connectivity index (χ2v) is 8.07. The normalized spacial score (nSPS) is 10.5. The summed E-state index contributed by atoms with van der Waals surface area (Å²) in [6, 6.07) is 11.4. The second-order valence-electron chi connectivity index (χ2n) is 8.07. The van der Waals surface area contributed by atoms with Crippen LogP contribution in [0.15, 0.2) is 73.3 Å². The van der Waals surface area contributed by atoms with Gasteiger partial charge in [0.05, 0.1) is 18.5 Å². The van der Waals surface area contributed by atoms with Crippen molar-refractivity contribution in [3.05, 3.63) is 90.4 Å². The molecule has 2 aromatic carbocycles. The summed E-state index contributed by atoms with van der Waals surface area (Å²) in [6.45, 7) is 4.69. The minimum atomic E-state index is -1.18. The Bertz CT molecular complexity index is 1590. The van der Waals surface area contributed by atoms with Gasteiger partial charge >= 0.3 is 6.01 Å². The maximum atomic E-state index is 15.0. The van der Waals surface area contributed by atoms with Crippen LogP contribution in [0.3, 0.4) is 0 Å². The lowest BCUT2D eigenvalue weighted by molar-refractivity contribution is -0.114. The van der Waals surface area contributed by atoms with E-state index in [1.165, 1.54) is 55.9 Å². The first-order valence-electron chi connectivity index (χ1n) is 11.3. The standard InChI is InChI=1S/C27H22F2N6O4/c1-14-8-10-32-27(33-14)39-21-7-5-16(12-18(21)29)23-20(9-11-31-24(23)30)35-26(37)17-4-6-19(22(13-17)38-3)34-25(36)15(2)28/h4-13H,2H2,1,3H3,(H,34,36)(H3,30,31,35,37). The number of anilines is 3. The molecule has 12 heteroatoms. The van der Waals surface area contributed by atoms with Crippen molar-refractivity contribution in [2.45, 2.75) is 6.92 Å². The Morgan fingerprint density at radius 3 is 2.44 bits per heavy atom. The number of carbonyl (C=O) groups is 2. The number of halogens is 2. The number of ether oxygens (including phenoxy) is 2. The highest BCUT2D eigenvalue weighted by Gasteiger charge is 2.18. The van der Waals surface area contributed by atoms with Crippen molar-refractivity contribution in [1.29, 1.82) is 0 Å². The lowest BCUT2D eigenvalue weighted by atomic mass is 10.0. The van der Waals surface area contributed by atoms with Crippen LogP contribution in [0.5, 0.6) is 17.5 Å². The van der Waals surface area contributed by atoms with E-state index >= 15 is 0 Å². The molecule has 0 saturated heterocycles. The van der Waals surface area contributed by atoms with Crippen molar-refractivity contribution >= 4 is 29.0 Å². The number of hydrogen-bond acceptors (Lipinski definition) is 8. The molecule has 0 unspecified atom stereocenters. The minimum absolute atomic E-state index is 0.00821. The number of aryl methyl sites for hydroxylation is 1. The van der Waals surface area contributed by atoms with Gasteiger partial charge in [0, 0.05) is 29.2 Å². The molecule has 39 heavy (non-hydrogen) atoms. The number of amides is 2. The molecule has 4 aromatic rings. The summed E-state index contributed by atoms with van der Waals surface area (Å²) in [7, 11) is 1.33. The third-order valence-corrected chi connectivity index (χ3v) is 5.38.